The maximum atomic E-state index is 10.9. The molecule has 0 amide bonds. The average Bonchev–Trinajstić information content (AvgIpc) is 2.18. The molecule has 0 saturated carbocycles. The van der Waals surface area contributed by atoms with Crippen LogP contribution in [-0.2, 0) is 9.53 Å². The lowest BCUT2D eigenvalue weighted by molar-refractivity contribution is -0.141. The number of pyridine rings is 1. The second-order valence-electron chi connectivity index (χ2n) is 3.15. The van der Waals surface area contributed by atoms with E-state index in [2.05, 4.69) is 9.72 Å². The van der Waals surface area contributed by atoms with E-state index in [1.54, 1.807) is 6.20 Å². The van der Waals surface area contributed by atoms with E-state index in [4.69, 9.17) is 5.73 Å². The first-order valence-electron chi connectivity index (χ1n) is 4.38. The summed E-state index contributed by atoms with van der Waals surface area (Å²) in [5, 5.41) is 0. The van der Waals surface area contributed by atoms with Crippen molar-refractivity contribution in [1.29, 1.82) is 0 Å². The van der Waals surface area contributed by atoms with Crippen LogP contribution in [0.2, 0.25) is 0 Å². The molecule has 0 fully saturated rings. The first-order chi connectivity index (χ1) is 6.63. The zero-order valence-corrected chi connectivity index (χ0v) is 8.36. The lowest BCUT2D eigenvalue weighted by Gasteiger charge is -2.09. The van der Waals surface area contributed by atoms with Crippen LogP contribution in [0.15, 0.2) is 18.3 Å². The molecular weight excluding hydrogens is 180 g/mol. The smallest absolute Gasteiger partial charge is 0.307 e. The number of hydrogen-bond donors (Lipinski definition) is 1. The highest BCUT2D eigenvalue weighted by Crippen LogP contribution is 2.11. The quantitative estimate of drug-likeness (QED) is 0.727. The number of esters is 1. The topological polar surface area (TPSA) is 65.2 Å². The van der Waals surface area contributed by atoms with Gasteiger partial charge in [0.25, 0.3) is 0 Å². The van der Waals surface area contributed by atoms with Crippen LogP contribution in [0.5, 0.6) is 0 Å². The van der Waals surface area contributed by atoms with Crippen LogP contribution in [0.1, 0.15) is 23.7 Å². The Bertz CT molecular complexity index is 308. The molecule has 1 rings (SSSR count). The highest BCUT2D eigenvalue weighted by molar-refractivity contribution is 5.70. The number of nitrogens with zero attached hydrogens (tertiary/aromatic N) is 1. The Morgan fingerprint density at radius 2 is 2.36 bits per heavy atom. The van der Waals surface area contributed by atoms with Gasteiger partial charge in [0.2, 0.25) is 0 Å². The Labute approximate surface area is 83.1 Å². The van der Waals surface area contributed by atoms with Crippen molar-refractivity contribution in [3.63, 3.8) is 0 Å². The van der Waals surface area contributed by atoms with Crippen molar-refractivity contribution in [3.8, 4) is 0 Å². The minimum atomic E-state index is -0.386. The number of ether oxygens (including phenoxy) is 1. The summed E-state index contributed by atoms with van der Waals surface area (Å²) in [6, 6.07) is 3.35. The Morgan fingerprint density at radius 1 is 1.64 bits per heavy atom. The van der Waals surface area contributed by atoms with E-state index in [0.717, 1.165) is 5.56 Å². The van der Waals surface area contributed by atoms with Crippen molar-refractivity contribution in [2.24, 2.45) is 5.73 Å². The van der Waals surface area contributed by atoms with E-state index in [9.17, 15) is 4.79 Å². The van der Waals surface area contributed by atoms with E-state index in [0.29, 0.717) is 5.69 Å². The zero-order chi connectivity index (χ0) is 10.6. The number of nitrogens with two attached hydrogens (primary N) is 1. The fraction of sp³-hybridized carbons (Fsp3) is 0.400. The summed E-state index contributed by atoms with van der Waals surface area (Å²) in [4.78, 5) is 15.1. The Morgan fingerprint density at radius 3 is 2.86 bits per heavy atom. The Balaban J connectivity index is 2.65. The monoisotopic (exact) mass is 194 g/mol. The standard InChI is InChI=1S/C10H14N2O2/c1-7-3-4-9(12-6-7)8(11)5-10(13)14-2/h3-4,6,8H,5,11H2,1-2H3/t8-/m0/s1. The van der Waals surface area contributed by atoms with Crippen LogP contribution in [-0.4, -0.2) is 18.1 Å². The number of aryl methyl sites for hydroxylation is 1. The lowest BCUT2D eigenvalue weighted by Crippen LogP contribution is -2.17. The molecule has 1 aromatic heterocycles. The molecule has 0 saturated heterocycles. The Hall–Kier alpha value is -1.42. The van der Waals surface area contributed by atoms with Gasteiger partial charge in [-0.1, -0.05) is 6.07 Å². The molecule has 4 nitrogen and oxygen atoms in total. The van der Waals surface area contributed by atoms with Crippen LogP contribution in [0.25, 0.3) is 0 Å². The van der Waals surface area contributed by atoms with Crippen LogP contribution < -0.4 is 5.73 Å². The fourth-order valence-corrected chi connectivity index (χ4v) is 1.07. The minimum absolute atomic E-state index is 0.159. The number of hydrogen-bond acceptors (Lipinski definition) is 4. The predicted octanol–water partition coefficient (Wildman–Crippen LogP) is 0.953. The van der Waals surface area contributed by atoms with E-state index in [-0.39, 0.29) is 18.4 Å². The Kier molecular flexibility index (Phi) is 3.59. The molecule has 4 heteroatoms. The summed E-state index contributed by atoms with van der Waals surface area (Å²) in [7, 11) is 1.34. The number of carbonyl (C=O) groups is 1. The van der Waals surface area contributed by atoms with Crippen LogP contribution in [0.4, 0.5) is 0 Å². The first kappa shape index (κ1) is 10.7. The van der Waals surface area contributed by atoms with E-state index in [1.165, 1.54) is 7.11 Å². The maximum Gasteiger partial charge on any atom is 0.307 e. The van der Waals surface area contributed by atoms with Crippen LogP contribution >= 0.6 is 0 Å². The number of rotatable bonds is 3. The molecule has 0 spiro atoms. The average molecular weight is 194 g/mol. The van der Waals surface area contributed by atoms with Crippen molar-refractivity contribution in [1.82, 2.24) is 4.98 Å². The third kappa shape index (κ3) is 2.81. The van der Waals surface area contributed by atoms with Crippen molar-refractivity contribution >= 4 is 5.97 Å². The summed E-state index contributed by atoms with van der Waals surface area (Å²) < 4.78 is 4.52. The van der Waals surface area contributed by atoms with Gasteiger partial charge in [0.1, 0.15) is 0 Å². The second kappa shape index (κ2) is 4.72. The molecule has 0 aromatic carbocycles. The highest BCUT2D eigenvalue weighted by Gasteiger charge is 2.12. The molecule has 0 aliphatic rings. The van der Waals surface area contributed by atoms with Crippen molar-refractivity contribution in [3.05, 3.63) is 29.6 Å². The molecule has 1 aromatic rings. The van der Waals surface area contributed by atoms with Gasteiger partial charge >= 0.3 is 5.97 Å². The highest BCUT2D eigenvalue weighted by atomic mass is 16.5. The van der Waals surface area contributed by atoms with Crippen molar-refractivity contribution in [2.75, 3.05) is 7.11 Å². The maximum absolute atomic E-state index is 10.9. The zero-order valence-electron chi connectivity index (χ0n) is 8.36. The van der Waals surface area contributed by atoms with Crippen LogP contribution in [0, 0.1) is 6.92 Å². The molecule has 14 heavy (non-hydrogen) atoms. The van der Waals surface area contributed by atoms with E-state index >= 15 is 0 Å². The molecule has 1 heterocycles. The van der Waals surface area contributed by atoms with Crippen molar-refractivity contribution < 1.29 is 9.53 Å². The molecule has 0 unspecified atom stereocenters. The van der Waals surface area contributed by atoms with Gasteiger partial charge in [0.05, 0.1) is 25.3 Å². The van der Waals surface area contributed by atoms with E-state index < -0.39 is 0 Å². The van der Waals surface area contributed by atoms with Gasteiger partial charge in [0.15, 0.2) is 0 Å². The number of methoxy groups -OCH3 is 1. The van der Waals surface area contributed by atoms with Gasteiger partial charge in [-0.2, -0.15) is 0 Å². The summed E-state index contributed by atoms with van der Waals surface area (Å²) >= 11 is 0. The molecule has 2 N–H and O–H groups in total. The normalized spacial score (nSPS) is 12.2. The van der Waals surface area contributed by atoms with Gasteiger partial charge in [-0.15, -0.1) is 0 Å². The van der Waals surface area contributed by atoms with Gasteiger partial charge < -0.3 is 10.5 Å². The van der Waals surface area contributed by atoms with Gasteiger partial charge in [-0.25, -0.2) is 0 Å². The van der Waals surface area contributed by atoms with Gasteiger partial charge in [0, 0.05) is 6.20 Å². The first-order valence-corrected chi connectivity index (χ1v) is 4.38. The third-order valence-electron chi connectivity index (χ3n) is 1.93. The molecule has 0 radical (unpaired) electrons. The van der Waals surface area contributed by atoms with Gasteiger partial charge in [-0.05, 0) is 18.6 Å². The molecular formula is C10H14N2O2. The molecule has 0 aliphatic carbocycles. The summed E-state index contributed by atoms with van der Waals surface area (Å²) in [5.41, 5.74) is 7.54. The summed E-state index contributed by atoms with van der Waals surface area (Å²) in [6.45, 7) is 1.95. The number of carbonyl (C=O) groups excluding carboxylic acids is 1. The molecule has 1 atom stereocenters. The van der Waals surface area contributed by atoms with E-state index in [1.807, 2.05) is 19.1 Å². The van der Waals surface area contributed by atoms with Gasteiger partial charge in [-0.3, -0.25) is 9.78 Å². The summed E-state index contributed by atoms with van der Waals surface area (Å²) in [6.07, 6.45) is 1.89. The van der Waals surface area contributed by atoms with Crippen LogP contribution in [0.3, 0.4) is 0 Å². The lowest BCUT2D eigenvalue weighted by atomic mass is 10.1. The predicted molar refractivity (Wildman–Crippen MR) is 52.5 cm³/mol. The molecule has 76 valence electrons. The van der Waals surface area contributed by atoms with Crippen molar-refractivity contribution in [2.45, 2.75) is 19.4 Å². The molecule has 0 aliphatic heterocycles. The SMILES string of the molecule is COC(=O)C[C@H](N)c1ccc(C)cn1. The summed E-state index contributed by atoms with van der Waals surface area (Å²) in [5.74, 6) is -0.320. The molecule has 0 bridgehead atoms. The fourth-order valence-electron chi connectivity index (χ4n) is 1.07. The second-order valence-corrected chi connectivity index (χ2v) is 3.15. The number of aromatic nitrogens is 1. The minimum Gasteiger partial charge on any atom is -0.469 e. The third-order valence-corrected chi connectivity index (χ3v) is 1.93. The largest absolute Gasteiger partial charge is 0.469 e.